The first kappa shape index (κ1) is 12.7. The van der Waals surface area contributed by atoms with Crippen molar-refractivity contribution in [3.05, 3.63) is 60.2 Å². The summed E-state index contributed by atoms with van der Waals surface area (Å²) in [5.41, 5.74) is 1.33. The Morgan fingerprint density at radius 3 is 2.35 bits per heavy atom. The van der Waals surface area contributed by atoms with Crippen molar-refractivity contribution in [3.63, 3.8) is 0 Å². The van der Waals surface area contributed by atoms with E-state index in [0.29, 0.717) is 12.2 Å². The molecule has 2 aromatic carbocycles. The number of nitrogens with zero attached hydrogens (tertiary/aromatic N) is 1. The van der Waals surface area contributed by atoms with Crippen LogP contribution < -0.4 is 9.62 Å². The highest BCUT2D eigenvalue weighted by molar-refractivity contribution is 7.90. The van der Waals surface area contributed by atoms with Gasteiger partial charge in [0.25, 0.3) is 10.0 Å². The van der Waals surface area contributed by atoms with Gasteiger partial charge in [0.15, 0.2) is 0 Å². The Morgan fingerprint density at radius 1 is 0.950 bits per heavy atom. The third-order valence-corrected chi connectivity index (χ3v) is 4.46. The van der Waals surface area contributed by atoms with Crippen LogP contribution in [0.5, 0.6) is 0 Å². The van der Waals surface area contributed by atoms with E-state index in [4.69, 9.17) is 0 Å². The van der Waals surface area contributed by atoms with Crippen LogP contribution >= 0.6 is 0 Å². The van der Waals surface area contributed by atoms with Crippen molar-refractivity contribution in [1.29, 1.82) is 0 Å². The first-order chi connectivity index (χ1) is 9.58. The van der Waals surface area contributed by atoms with Crippen molar-refractivity contribution in [2.45, 2.75) is 11.4 Å². The SMILES string of the molecule is O=C1NS(=O)(=O)c2ccccc2N1Cc1ccccc1. The average Bonchev–Trinajstić information content (AvgIpc) is 2.44. The zero-order valence-corrected chi connectivity index (χ0v) is 11.3. The van der Waals surface area contributed by atoms with E-state index in [9.17, 15) is 13.2 Å². The van der Waals surface area contributed by atoms with Gasteiger partial charge < -0.3 is 0 Å². The van der Waals surface area contributed by atoms with Crippen LogP contribution in [0.25, 0.3) is 0 Å². The van der Waals surface area contributed by atoms with Crippen LogP contribution in [-0.4, -0.2) is 14.4 Å². The molecule has 6 heteroatoms. The molecule has 0 saturated carbocycles. The molecule has 0 atom stereocenters. The van der Waals surface area contributed by atoms with Crippen LogP contribution in [0, 0.1) is 0 Å². The molecule has 2 amide bonds. The minimum absolute atomic E-state index is 0.121. The van der Waals surface area contributed by atoms with E-state index in [1.165, 1.54) is 11.0 Å². The minimum atomic E-state index is -3.76. The van der Waals surface area contributed by atoms with Gasteiger partial charge in [-0.2, -0.15) is 0 Å². The first-order valence-electron chi connectivity index (χ1n) is 6.05. The average molecular weight is 288 g/mol. The molecule has 0 aliphatic carbocycles. The van der Waals surface area contributed by atoms with Crippen molar-refractivity contribution in [2.24, 2.45) is 0 Å². The molecule has 1 N–H and O–H groups in total. The standard InChI is InChI=1S/C14H12N2O3S/c17-14-15-20(18,19)13-9-5-4-8-12(13)16(14)10-11-6-2-1-3-7-11/h1-9H,10H2,(H,15,17). The number of hydrogen-bond acceptors (Lipinski definition) is 3. The van der Waals surface area contributed by atoms with E-state index in [-0.39, 0.29) is 4.90 Å². The lowest BCUT2D eigenvalue weighted by atomic mass is 10.2. The number of urea groups is 1. The second-order valence-corrected chi connectivity index (χ2v) is 6.10. The Morgan fingerprint density at radius 2 is 1.60 bits per heavy atom. The zero-order chi connectivity index (χ0) is 14.2. The molecular weight excluding hydrogens is 276 g/mol. The van der Waals surface area contributed by atoms with Gasteiger partial charge in [-0.3, -0.25) is 4.90 Å². The number of benzene rings is 2. The molecule has 102 valence electrons. The number of sulfonamides is 1. The van der Waals surface area contributed by atoms with Gasteiger partial charge in [0, 0.05) is 0 Å². The normalized spacial score (nSPS) is 16.4. The van der Waals surface area contributed by atoms with E-state index in [1.807, 2.05) is 35.1 Å². The Hall–Kier alpha value is -2.34. The van der Waals surface area contributed by atoms with Crippen LogP contribution in [0.3, 0.4) is 0 Å². The molecule has 5 nitrogen and oxygen atoms in total. The predicted molar refractivity (Wildman–Crippen MR) is 74.8 cm³/mol. The largest absolute Gasteiger partial charge is 0.336 e. The molecule has 0 unspecified atom stereocenters. The summed E-state index contributed by atoms with van der Waals surface area (Å²) in [6, 6.07) is 15.2. The summed E-state index contributed by atoms with van der Waals surface area (Å²) in [4.78, 5) is 13.6. The smallest absolute Gasteiger partial charge is 0.288 e. The Balaban J connectivity index is 2.06. The topological polar surface area (TPSA) is 66.5 Å². The second kappa shape index (κ2) is 4.64. The third kappa shape index (κ3) is 2.14. The number of amides is 2. The fourth-order valence-corrected chi connectivity index (χ4v) is 3.33. The van der Waals surface area contributed by atoms with Gasteiger partial charge in [-0.15, -0.1) is 0 Å². The monoisotopic (exact) mass is 288 g/mol. The van der Waals surface area contributed by atoms with Gasteiger partial charge in [-0.05, 0) is 17.7 Å². The minimum Gasteiger partial charge on any atom is -0.288 e. The summed E-state index contributed by atoms with van der Waals surface area (Å²) in [6.45, 7) is 0.319. The molecule has 0 spiro atoms. The van der Waals surface area contributed by atoms with E-state index in [0.717, 1.165) is 5.56 Å². The summed E-state index contributed by atoms with van der Waals surface area (Å²) in [6.07, 6.45) is 0. The number of rotatable bonds is 2. The maximum absolute atomic E-state index is 12.0. The van der Waals surface area contributed by atoms with Crippen molar-refractivity contribution in [2.75, 3.05) is 4.90 Å². The molecule has 0 aromatic heterocycles. The van der Waals surface area contributed by atoms with E-state index in [1.54, 1.807) is 18.2 Å². The van der Waals surface area contributed by atoms with Crippen molar-refractivity contribution in [3.8, 4) is 0 Å². The number of fused-ring (bicyclic) bond motifs is 1. The van der Waals surface area contributed by atoms with Crippen LogP contribution in [-0.2, 0) is 16.6 Å². The first-order valence-corrected chi connectivity index (χ1v) is 7.53. The quantitative estimate of drug-likeness (QED) is 0.920. The van der Waals surface area contributed by atoms with Crippen LogP contribution in [0.4, 0.5) is 10.5 Å². The number of anilines is 1. The maximum atomic E-state index is 12.0. The highest BCUT2D eigenvalue weighted by atomic mass is 32.2. The molecule has 1 aliphatic rings. The Bertz CT molecular complexity index is 757. The molecule has 2 aromatic rings. The predicted octanol–water partition coefficient (Wildman–Crippen LogP) is 2.11. The van der Waals surface area contributed by atoms with Gasteiger partial charge in [-0.1, -0.05) is 42.5 Å². The lowest BCUT2D eigenvalue weighted by Crippen LogP contribution is -2.47. The summed E-state index contributed by atoms with van der Waals surface area (Å²) in [5.74, 6) is 0. The highest BCUT2D eigenvalue weighted by Gasteiger charge is 2.33. The molecule has 0 bridgehead atoms. The fourth-order valence-electron chi connectivity index (χ4n) is 2.16. The summed E-state index contributed by atoms with van der Waals surface area (Å²) >= 11 is 0. The molecule has 1 aliphatic heterocycles. The summed E-state index contributed by atoms with van der Waals surface area (Å²) in [5, 5.41) is 0. The van der Waals surface area contributed by atoms with Crippen molar-refractivity contribution < 1.29 is 13.2 Å². The van der Waals surface area contributed by atoms with E-state index >= 15 is 0 Å². The van der Waals surface area contributed by atoms with Crippen molar-refractivity contribution in [1.82, 2.24) is 4.72 Å². The van der Waals surface area contributed by atoms with Gasteiger partial charge in [0.2, 0.25) is 0 Å². The molecule has 0 saturated heterocycles. The molecule has 3 rings (SSSR count). The molecular formula is C14H12N2O3S. The number of hydrogen-bond donors (Lipinski definition) is 1. The van der Waals surface area contributed by atoms with Crippen LogP contribution in [0.15, 0.2) is 59.5 Å². The highest BCUT2D eigenvalue weighted by Crippen LogP contribution is 2.30. The molecule has 1 heterocycles. The number of nitrogens with one attached hydrogen (secondary N) is 1. The third-order valence-electron chi connectivity index (χ3n) is 3.10. The number of carbonyl (C=O) groups excluding carboxylic acids is 1. The Labute approximate surface area is 116 Å². The van der Waals surface area contributed by atoms with Crippen molar-refractivity contribution >= 4 is 21.7 Å². The van der Waals surface area contributed by atoms with Crippen LogP contribution in [0.2, 0.25) is 0 Å². The van der Waals surface area contributed by atoms with Gasteiger partial charge in [-0.25, -0.2) is 17.9 Å². The Kier molecular flexibility index (Phi) is 2.94. The van der Waals surface area contributed by atoms with Gasteiger partial charge in [0.1, 0.15) is 4.90 Å². The van der Waals surface area contributed by atoms with Crippen LogP contribution in [0.1, 0.15) is 5.56 Å². The lowest BCUT2D eigenvalue weighted by Gasteiger charge is -2.29. The second-order valence-electron chi connectivity index (χ2n) is 4.45. The number of para-hydroxylation sites is 1. The molecule has 0 fully saturated rings. The maximum Gasteiger partial charge on any atom is 0.336 e. The zero-order valence-electron chi connectivity index (χ0n) is 10.5. The van der Waals surface area contributed by atoms with Gasteiger partial charge in [0.05, 0.1) is 12.2 Å². The number of carbonyl (C=O) groups is 1. The summed E-state index contributed by atoms with van der Waals surface area (Å²) in [7, 11) is -3.76. The lowest BCUT2D eigenvalue weighted by molar-refractivity contribution is 0.250. The van der Waals surface area contributed by atoms with E-state index < -0.39 is 16.1 Å². The molecule has 0 radical (unpaired) electrons. The summed E-state index contributed by atoms with van der Waals surface area (Å²) < 4.78 is 25.9. The molecule has 20 heavy (non-hydrogen) atoms. The van der Waals surface area contributed by atoms with Gasteiger partial charge >= 0.3 is 6.03 Å². The fraction of sp³-hybridized carbons (Fsp3) is 0.0714. The van der Waals surface area contributed by atoms with E-state index in [2.05, 4.69) is 0 Å².